The fraction of sp³-hybridized carbons (Fsp3) is 0.312. The lowest BCUT2D eigenvalue weighted by molar-refractivity contribution is -0.141. The minimum atomic E-state index is -4.64. The fourth-order valence-electron chi connectivity index (χ4n) is 2.42. The lowest BCUT2D eigenvalue weighted by Crippen LogP contribution is -2.33. The second-order valence-electron chi connectivity index (χ2n) is 5.54. The van der Waals surface area contributed by atoms with E-state index in [1.807, 2.05) is 0 Å². The Morgan fingerprint density at radius 3 is 2.65 bits per heavy atom. The van der Waals surface area contributed by atoms with Crippen LogP contribution < -0.4 is 10.6 Å². The summed E-state index contributed by atoms with van der Waals surface area (Å²) in [6.45, 7) is 1.64. The van der Waals surface area contributed by atoms with Crippen LogP contribution in [0.2, 0.25) is 0 Å². The van der Waals surface area contributed by atoms with Gasteiger partial charge in [-0.2, -0.15) is 13.2 Å². The first-order chi connectivity index (χ1) is 12.3. The maximum Gasteiger partial charge on any atom is 0.434 e. The molecule has 26 heavy (non-hydrogen) atoms. The van der Waals surface area contributed by atoms with Gasteiger partial charge in [-0.15, -0.1) is 0 Å². The topological polar surface area (TPSA) is 76.1 Å². The van der Waals surface area contributed by atoms with Gasteiger partial charge in [0.1, 0.15) is 11.5 Å². The van der Waals surface area contributed by atoms with Crippen molar-refractivity contribution >= 4 is 11.6 Å². The summed E-state index contributed by atoms with van der Waals surface area (Å²) in [6.07, 6.45) is -3.89. The van der Waals surface area contributed by atoms with E-state index >= 15 is 0 Å². The van der Waals surface area contributed by atoms with Crippen LogP contribution in [0.15, 0.2) is 30.6 Å². The van der Waals surface area contributed by atoms with Crippen molar-refractivity contribution in [1.82, 2.24) is 15.3 Å². The molecule has 1 aliphatic rings. The van der Waals surface area contributed by atoms with Gasteiger partial charge in [-0.25, -0.2) is 14.4 Å². The van der Waals surface area contributed by atoms with Crippen molar-refractivity contribution in [3.63, 3.8) is 0 Å². The lowest BCUT2D eigenvalue weighted by atomic mass is 10.1. The van der Waals surface area contributed by atoms with Crippen LogP contribution >= 0.6 is 0 Å². The Kier molecular flexibility index (Phi) is 5.14. The van der Waals surface area contributed by atoms with E-state index in [2.05, 4.69) is 20.6 Å². The average Bonchev–Trinajstić information content (AvgIpc) is 2.62. The van der Waals surface area contributed by atoms with Gasteiger partial charge in [-0.3, -0.25) is 4.79 Å². The number of nitrogens with zero attached hydrogens (tertiary/aromatic N) is 2. The molecular weight excluding hydrogens is 356 g/mol. The molecule has 1 aliphatic heterocycles. The number of halogens is 4. The molecule has 1 fully saturated rings. The molecule has 0 unspecified atom stereocenters. The van der Waals surface area contributed by atoms with Crippen molar-refractivity contribution in [1.29, 1.82) is 0 Å². The van der Waals surface area contributed by atoms with Gasteiger partial charge in [0.15, 0.2) is 5.69 Å². The highest BCUT2D eigenvalue weighted by atomic mass is 19.4. The molecule has 0 saturated carbocycles. The van der Waals surface area contributed by atoms with Crippen LogP contribution in [0.3, 0.4) is 0 Å². The van der Waals surface area contributed by atoms with Crippen LogP contribution in [0.5, 0.6) is 0 Å². The number of carbonyl (C=O) groups is 1. The van der Waals surface area contributed by atoms with Crippen LogP contribution in [-0.2, 0) is 10.9 Å². The number of carbonyl (C=O) groups excluding carboxylic acids is 1. The summed E-state index contributed by atoms with van der Waals surface area (Å²) in [4.78, 5) is 18.6. The molecule has 1 amide bonds. The predicted molar refractivity (Wildman–Crippen MR) is 82.9 cm³/mol. The first-order valence-electron chi connectivity index (χ1n) is 7.67. The first-order valence-corrected chi connectivity index (χ1v) is 7.67. The molecule has 10 heteroatoms. The smallest absolute Gasteiger partial charge is 0.371 e. The first kappa shape index (κ1) is 18.2. The van der Waals surface area contributed by atoms with Gasteiger partial charge in [0.25, 0.3) is 5.91 Å². The van der Waals surface area contributed by atoms with Crippen LogP contribution in [0, 0.1) is 5.82 Å². The number of anilines is 1. The summed E-state index contributed by atoms with van der Waals surface area (Å²) in [5, 5.41) is 5.46. The third-order valence-electron chi connectivity index (χ3n) is 3.71. The lowest BCUT2D eigenvalue weighted by Gasteiger charge is -2.24. The van der Waals surface area contributed by atoms with Crippen molar-refractivity contribution in [3.8, 4) is 0 Å². The number of nitrogens with one attached hydrogen (secondary N) is 2. The number of morpholine rings is 1. The predicted octanol–water partition coefficient (Wildman–Crippen LogP) is 2.55. The molecule has 138 valence electrons. The number of hydrogen-bond acceptors (Lipinski definition) is 5. The van der Waals surface area contributed by atoms with Crippen LogP contribution in [-0.4, -0.2) is 35.6 Å². The van der Waals surface area contributed by atoms with E-state index in [9.17, 15) is 22.4 Å². The summed E-state index contributed by atoms with van der Waals surface area (Å²) in [6, 6.07) is 4.08. The number of amides is 1. The van der Waals surface area contributed by atoms with E-state index in [1.54, 1.807) is 0 Å². The van der Waals surface area contributed by atoms with Gasteiger partial charge < -0.3 is 15.4 Å². The summed E-state index contributed by atoms with van der Waals surface area (Å²) in [5.74, 6) is -1.36. The maximum absolute atomic E-state index is 14.3. The third kappa shape index (κ3) is 4.14. The molecular formula is C16H14F4N4O2. The molecule has 0 aliphatic carbocycles. The molecule has 2 N–H and O–H groups in total. The summed E-state index contributed by atoms with van der Waals surface area (Å²) < 4.78 is 57.1. The van der Waals surface area contributed by atoms with Gasteiger partial charge in [0.2, 0.25) is 0 Å². The molecule has 3 rings (SSSR count). The molecule has 2 aromatic rings. The Morgan fingerprint density at radius 1 is 1.27 bits per heavy atom. The van der Waals surface area contributed by atoms with Crippen LogP contribution in [0.25, 0.3) is 0 Å². The van der Waals surface area contributed by atoms with E-state index in [1.165, 1.54) is 12.1 Å². The largest absolute Gasteiger partial charge is 0.434 e. The Bertz CT molecular complexity index is 790. The monoisotopic (exact) mass is 370 g/mol. The van der Waals surface area contributed by atoms with Gasteiger partial charge in [0, 0.05) is 24.3 Å². The number of aromatic nitrogens is 2. The Morgan fingerprint density at radius 2 is 2.08 bits per heavy atom. The molecule has 1 atom stereocenters. The minimum Gasteiger partial charge on any atom is -0.371 e. The van der Waals surface area contributed by atoms with Crippen LogP contribution in [0.4, 0.5) is 23.2 Å². The number of ether oxygens (including phenoxy) is 1. The van der Waals surface area contributed by atoms with E-state index in [4.69, 9.17) is 4.74 Å². The highest BCUT2D eigenvalue weighted by Gasteiger charge is 2.33. The second kappa shape index (κ2) is 7.34. The molecule has 6 nitrogen and oxygen atoms in total. The highest BCUT2D eigenvalue weighted by molar-refractivity contribution is 6.02. The Hall–Kier alpha value is -2.59. The SMILES string of the molecule is O=C(Nc1ccc([C@H]2CNCCO2)c(F)c1)c1cnc(C(F)(F)F)cn1. The summed E-state index contributed by atoms with van der Waals surface area (Å²) >= 11 is 0. The maximum atomic E-state index is 14.3. The van der Waals surface area contributed by atoms with E-state index in [0.717, 1.165) is 6.07 Å². The van der Waals surface area contributed by atoms with E-state index < -0.39 is 29.7 Å². The zero-order valence-electron chi connectivity index (χ0n) is 13.3. The zero-order valence-corrected chi connectivity index (χ0v) is 13.3. The fourth-order valence-corrected chi connectivity index (χ4v) is 2.42. The second-order valence-corrected chi connectivity index (χ2v) is 5.54. The number of hydrogen-bond donors (Lipinski definition) is 2. The average molecular weight is 370 g/mol. The molecule has 0 radical (unpaired) electrons. The number of alkyl halides is 3. The van der Waals surface area contributed by atoms with E-state index in [-0.39, 0.29) is 11.4 Å². The van der Waals surface area contributed by atoms with Gasteiger partial charge in [-0.1, -0.05) is 6.07 Å². The summed E-state index contributed by atoms with van der Waals surface area (Å²) in [7, 11) is 0. The molecule has 0 spiro atoms. The molecule has 2 heterocycles. The van der Waals surface area contributed by atoms with Crippen molar-refractivity contribution in [3.05, 3.63) is 53.4 Å². The normalized spacial score (nSPS) is 17.8. The van der Waals surface area contributed by atoms with Crippen molar-refractivity contribution < 1.29 is 27.1 Å². The van der Waals surface area contributed by atoms with Gasteiger partial charge in [0.05, 0.1) is 25.1 Å². The number of benzene rings is 1. The third-order valence-corrected chi connectivity index (χ3v) is 3.71. The summed E-state index contributed by atoms with van der Waals surface area (Å²) in [5.41, 5.74) is -1.03. The van der Waals surface area contributed by atoms with Crippen LogP contribution in [0.1, 0.15) is 27.8 Å². The Balaban J connectivity index is 1.70. The molecule has 0 bridgehead atoms. The molecule has 1 aromatic heterocycles. The quantitative estimate of drug-likeness (QED) is 0.813. The van der Waals surface area contributed by atoms with Crippen molar-refractivity contribution in [2.75, 3.05) is 25.0 Å². The van der Waals surface area contributed by atoms with Gasteiger partial charge in [-0.05, 0) is 12.1 Å². The highest BCUT2D eigenvalue weighted by Crippen LogP contribution is 2.27. The zero-order chi connectivity index (χ0) is 18.7. The van der Waals surface area contributed by atoms with Crippen molar-refractivity contribution in [2.24, 2.45) is 0 Å². The van der Waals surface area contributed by atoms with E-state index in [0.29, 0.717) is 37.7 Å². The van der Waals surface area contributed by atoms with Crippen molar-refractivity contribution in [2.45, 2.75) is 12.3 Å². The number of rotatable bonds is 3. The molecule has 1 aromatic carbocycles. The Labute approximate surface area is 145 Å². The molecule has 1 saturated heterocycles. The standard InChI is InChI=1S/C16H14F4N4O2/c17-11-5-9(1-2-10(11)13-7-21-3-4-26-13)24-15(25)12-6-23-14(8-22-12)16(18,19)20/h1-2,5-6,8,13,21H,3-4,7H2,(H,24,25)/t13-/m1/s1. The van der Waals surface area contributed by atoms with Gasteiger partial charge >= 0.3 is 6.18 Å². The minimum absolute atomic E-state index is 0.140.